The van der Waals surface area contributed by atoms with Crippen LogP contribution in [0, 0.1) is 20.8 Å². The van der Waals surface area contributed by atoms with E-state index in [-0.39, 0.29) is 16.3 Å². The molecule has 0 bridgehead atoms. The molecule has 2 aromatic rings. The van der Waals surface area contributed by atoms with Crippen LogP contribution in [0.3, 0.4) is 0 Å². The summed E-state index contributed by atoms with van der Waals surface area (Å²) in [6.45, 7) is 6.58. The fraction of sp³-hybridized carbons (Fsp3) is 0.625. The highest BCUT2D eigenvalue weighted by Crippen LogP contribution is 2.35. The van der Waals surface area contributed by atoms with E-state index in [1.165, 1.54) is 18.3 Å². The molecule has 0 aliphatic heterocycles. The third-order valence-electron chi connectivity index (χ3n) is 4.59. The van der Waals surface area contributed by atoms with E-state index in [9.17, 15) is 13.2 Å². The van der Waals surface area contributed by atoms with Crippen molar-refractivity contribution in [3.05, 3.63) is 21.5 Å². The van der Waals surface area contributed by atoms with E-state index < -0.39 is 27.6 Å². The average molecular weight is 415 g/mol. The summed E-state index contributed by atoms with van der Waals surface area (Å²) in [4.78, 5) is 12.9. The minimum atomic E-state index is -3.99. The van der Waals surface area contributed by atoms with E-state index in [1.807, 2.05) is 6.92 Å². The van der Waals surface area contributed by atoms with Crippen molar-refractivity contribution in [3.63, 3.8) is 0 Å². The van der Waals surface area contributed by atoms with Crippen LogP contribution in [-0.2, 0) is 19.6 Å². The maximum absolute atomic E-state index is 12.9. The molecule has 9 nitrogen and oxygen atoms in total. The number of esters is 1. The lowest BCUT2D eigenvalue weighted by Gasteiger charge is -2.28. The highest BCUT2D eigenvalue weighted by atomic mass is 32.2. The van der Waals surface area contributed by atoms with E-state index in [4.69, 9.17) is 9.26 Å². The predicted molar refractivity (Wildman–Crippen MR) is 96.7 cm³/mol. The second-order valence-electron chi connectivity index (χ2n) is 6.75. The molecule has 1 atom stereocenters. The normalized spacial score (nSPS) is 17.8. The first-order chi connectivity index (χ1) is 12.6. The Labute approximate surface area is 161 Å². The molecule has 1 unspecified atom stereocenters. The number of hydrogen-bond acceptors (Lipinski definition) is 9. The zero-order chi connectivity index (χ0) is 19.8. The van der Waals surface area contributed by atoms with Crippen molar-refractivity contribution in [2.75, 3.05) is 0 Å². The lowest BCUT2D eigenvalue weighted by Crippen LogP contribution is -2.53. The Morgan fingerprint density at radius 3 is 2.44 bits per heavy atom. The zero-order valence-electron chi connectivity index (χ0n) is 15.6. The van der Waals surface area contributed by atoms with Crippen molar-refractivity contribution in [3.8, 4) is 0 Å². The number of ether oxygens (including phenoxy) is 1. The number of nitrogens with zero attached hydrogens (tertiary/aromatic N) is 3. The predicted octanol–water partition coefficient (Wildman–Crippen LogP) is 2.35. The van der Waals surface area contributed by atoms with Gasteiger partial charge in [-0.2, -0.15) is 4.72 Å². The average Bonchev–Trinajstić information content (AvgIpc) is 3.29. The van der Waals surface area contributed by atoms with Crippen LogP contribution in [0.15, 0.2) is 9.42 Å². The number of aryl methyl sites for hydroxylation is 3. The summed E-state index contributed by atoms with van der Waals surface area (Å²) in [6.07, 6.45) is 1.59. The second-order valence-corrected chi connectivity index (χ2v) is 9.59. The fourth-order valence-corrected chi connectivity index (χ4v) is 5.72. The number of rotatable bonds is 6. The zero-order valence-corrected chi connectivity index (χ0v) is 17.2. The Morgan fingerprint density at radius 1 is 1.26 bits per heavy atom. The maximum Gasteiger partial charge on any atom is 0.328 e. The number of carbonyl (C=O) groups is 1. The van der Waals surface area contributed by atoms with E-state index >= 15 is 0 Å². The Bertz CT molecular complexity index is 924. The van der Waals surface area contributed by atoms with Crippen molar-refractivity contribution >= 4 is 27.3 Å². The van der Waals surface area contributed by atoms with Gasteiger partial charge in [-0.05, 0) is 40.5 Å². The summed E-state index contributed by atoms with van der Waals surface area (Å²) in [5, 5.41) is 12.9. The van der Waals surface area contributed by atoms with Crippen molar-refractivity contribution in [1.29, 1.82) is 0 Å². The Balaban J connectivity index is 1.84. The molecule has 1 aliphatic rings. The van der Waals surface area contributed by atoms with Crippen LogP contribution in [0.4, 0.5) is 0 Å². The smallest absolute Gasteiger partial charge is 0.328 e. The van der Waals surface area contributed by atoms with Crippen LogP contribution in [0.2, 0.25) is 0 Å². The Morgan fingerprint density at radius 2 is 1.93 bits per heavy atom. The second kappa shape index (κ2) is 7.28. The summed E-state index contributed by atoms with van der Waals surface area (Å²) in [5.41, 5.74) is -1.05. The van der Waals surface area contributed by atoms with Crippen LogP contribution in [-0.4, -0.2) is 35.3 Å². The molecule has 0 spiro atoms. The molecular weight excluding hydrogens is 392 g/mol. The summed E-state index contributed by atoms with van der Waals surface area (Å²) in [5.74, 6) is -0.421. The van der Waals surface area contributed by atoms with Gasteiger partial charge in [0.2, 0.25) is 10.0 Å². The number of carbonyl (C=O) groups excluding carboxylic acids is 1. The van der Waals surface area contributed by atoms with Crippen molar-refractivity contribution in [1.82, 2.24) is 20.1 Å². The van der Waals surface area contributed by atoms with Crippen LogP contribution in [0.5, 0.6) is 0 Å². The monoisotopic (exact) mass is 414 g/mol. The first-order valence-electron chi connectivity index (χ1n) is 8.62. The highest BCUT2D eigenvalue weighted by Gasteiger charge is 2.47. The summed E-state index contributed by atoms with van der Waals surface area (Å²) in [6, 6.07) is 0. The molecule has 2 aromatic heterocycles. The van der Waals surface area contributed by atoms with Gasteiger partial charge in [0.1, 0.15) is 21.1 Å². The van der Waals surface area contributed by atoms with Crippen molar-refractivity contribution < 1.29 is 22.5 Å². The van der Waals surface area contributed by atoms with Crippen LogP contribution in [0.1, 0.15) is 60.2 Å². The topological polar surface area (TPSA) is 124 Å². The summed E-state index contributed by atoms with van der Waals surface area (Å²) >= 11 is 1.34. The molecule has 11 heteroatoms. The molecule has 3 rings (SSSR count). The first kappa shape index (κ1) is 19.9. The Kier molecular flexibility index (Phi) is 5.37. The molecule has 0 amide bonds. The standard InChI is InChI=1S/C16H22N4O5S2/c1-9-13(10(2)25-19-9)27(22,23)20-16(7-5-6-8-16)15(21)24-11(3)14-18-17-12(4)26-14/h11,20H,5-8H2,1-4H3. The maximum atomic E-state index is 12.9. The van der Waals surface area contributed by atoms with Gasteiger partial charge in [-0.1, -0.05) is 29.3 Å². The van der Waals surface area contributed by atoms with E-state index in [0.29, 0.717) is 17.8 Å². The number of hydrogen-bond donors (Lipinski definition) is 1. The summed E-state index contributed by atoms with van der Waals surface area (Å²) < 4.78 is 38.9. The minimum absolute atomic E-state index is 0.0330. The highest BCUT2D eigenvalue weighted by molar-refractivity contribution is 7.89. The van der Waals surface area contributed by atoms with Gasteiger partial charge < -0.3 is 9.26 Å². The third-order valence-corrected chi connectivity index (χ3v) is 7.37. The molecule has 1 N–H and O–H groups in total. The van der Waals surface area contributed by atoms with Crippen LogP contribution < -0.4 is 4.72 Å². The van der Waals surface area contributed by atoms with Crippen molar-refractivity contribution in [2.24, 2.45) is 0 Å². The largest absolute Gasteiger partial charge is 0.454 e. The van der Waals surface area contributed by atoms with Gasteiger partial charge in [0.25, 0.3) is 0 Å². The van der Waals surface area contributed by atoms with Gasteiger partial charge in [-0.3, -0.25) is 0 Å². The molecule has 0 aromatic carbocycles. The molecular formula is C16H22N4O5S2. The third kappa shape index (κ3) is 3.90. The Hall–Kier alpha value is -1.85. The number of aromatic nitrogens is 3. The fourth-order valence-electron chi connectivity index (χ4n) is 3.29. The number of sulfonamides is 1. The van der Waals surface area contributed by atoms with Crippen LogP contribution in [0.25, 0.3) is 0 Å². The van der Waals surface area contributed by atoms with Gasteiger partial charge in [-0.15, -0.1) is 10.2 Å². The van der Waals surface area contributed by atoms with E-state index in [1.54, 1.807) is 13.8 Å². The molecule has 0 saturated heterocycles. The van der Waals surface area contributed by atoms with Gasteiger partial charge in [0.15, 0.2) is 16.9 Å². The quantitative estimate of drug-likeness (QED) is 0.714. The number of nitrogens with one attached hydrogen (secondary N) is 1. The molecule has 1 saturated carbocycles. The lowest BCUT2D eigenvalue weighted by atomic mass is 10.00. The first-order valence-corrected chi connectivity index (χ1v) is 10.9. The van der Waals surface area contributed by atoms with E-state index in [2.05, 4.69) is 20.1 Å². The SMILES string of the molecule is Cc1nnc(C(C)OC(=O)C2(NS(=O)(=O)c3c(C)noc3C)CCCC2)s1. The summed E-state index contributed by atoms with van der Waals surface area (Å²) in [7, 11) is -3.99. The molecule has 2 heterocycles. The van der Waals surface area contributed by atoms with Crippen LogP contribution >= 0.6 is 11.3 Å². The molecule has 0 radical (unpaired) electrons. The van der Waals surface area contributed by atoms with Crippen molar-refractivity contribution in [2.45, 2.75) is 69.9 Å². The minimum Gasteiger partial charge on any atom is -0.454 e. The van der Waals surface area contributed by atoms with Gasteiger partial charge in [0.05, 0.1) is 0 Å². The molecule has 1 fully saturated rings. The van der Waals surface area contributed by atoms with Gasteiger partial charge in [-0.25, -0.2) is 13.2 Å². The lowest BCUT2D eigenvalue weighted by molar-refractivity contribution is -0.155. The van der Waals surface area contributed by atoms with Gasteiger partial charge >= 0.3 is 5.97 Å². The molecule has 1 aliphatic carbocycles. The van der Waals surface area contributed by atoms with Gasteiger partial charge in [0, 0.05) is 0 Å². The van der Waals surface area contributed by atoms with E-state index in [0.717, 1.165) is 17.8 Å². The molecule has 27 heavy (non-hydrogen) atoms. The molecule has 148 valence electrons.